The van der Waals surface area contributed by atoms with Crippen LogP contribution >= 0.6 is 11.3 Å². The number of benzene rings is 1. The van der Waals surface area contributed by atoms with Gasteiger partial charge in [-0.15, -0.1) is 11.3 Å². The zero-order chi connectivity index (χ0) is 15.4. The molecule has 3 aromatic rings. The fourth-order valence-electron chi connectivity index (χ4n) is 2.18. The van der Waals surface area contributed by atoms with Gasteiger partial charge in [-0.1, -0.05) is 32.0 Å². The lowest BCUT2D eigenvalue weighted by Crippen LogP contribution is -2.02. The van der Waals surface area contributed by atoms with Crippen molar-refractivity contribution in [2.24, 2.45) is 0 Å². The van der Waals surface area contributed by atoms with Crippen LogP contribution < -0.4 is 4.74 Å². The van der Waals surface area contributed by atoms with Crippen LogP contribution in [0.2, 0.25) is 0 Å². The number of para-hydroxylation sites is 1. The van der Waals surface area contributed by atoms with Crippen molar-refractivity contribution < 1.29 is 4.74 Å². The highest BCUT2D eigenvalue weighted by Gasteiger charge is 2.09. The molecule has 0 atom stereocenters. The number of ether oxygens (including phenoxy) is 1. The van der Waals surface area contributed by atoms with Crippen molar-refractivity contribution in [2.75, 3.05) is 0 Å². The third-order valence-electron chi connectivity index (χ3n) is 3.35. The third-order valence-corrected chi connectivity index (χ3v) is 4.15. The van der Waals surface area contributed by atoms with Crippen LogP contribution in [0.3, 0.4) is 0 Å². The Morgan fingerprint density at radius 1 is 1.09 bits per heavy atom. The molecule has 112 valence electrons. The maximum Gasteiger partial charge on any atom is 0.130 e. The van der Waals surface area contributed by atoms with Gasteiger partial charge in [0.1, 0.15) is 17.4 Å². The summed E-state index contributed by atoms with van der Waals surface area (Å²) in [5.74, 6) is 1.26. The number of pyridine rings is 1. The van der Waals surface area contributed by atoms with Crippen molar-refractivity contribution >= 4 is 11.3 Å². The maximum atomic E-state index is 5.99. The summed E-state index contributed by atoms with van der Waals surface area (Å²) in [6.07, 6.45) is 1.81. The van der Waals surface area contributed by atoms with Gasteiger partial charge in [-0.05, 0) is 30.2 Å². The van der Waals surface area contributed by atoms with Crippen molar-refractivity contribution in [3.63, 3.8) is 0 Å². The monoisotopic (exact) mass is 310 g/mol. The van der Waals surface area contributed by atoms with E-state index in [0.717, 1.165) is 27.7 Å². The van der Waals surface area contributed by atoms with Gasteiger partial charge in [0.25, 0.3) is 0 Å². The molecule has 3 rings (SSSR count). The van der Waals surface area contributed by atoms with Gasteiger partial charge in [0.15, 0.2) is 0 Å². The maximum absolute atomic E-state index is 5.99. The van der Waals surface area contributed by atoms with Crippen molar-refractivity contribution in [2.45, 2.75) is 26.4 Å². The number of nitrogens with zero attached hydrogens (tertiary/aromatic N) is 2. The Hall–Kier alpha value is -2.20. The van der Waals surface area contributed by atoms with Crippen LogP contribution in [0.1, 0.15) is 31.2 Å². The second kappa shape index (κ2) is 6.71. The molecule has 0 amide bonds. The molecule has 0 fully saturated rings. The van der Waals surface area contributed by atoms with Crippen LogP contribution in [0.5, 0.6) is 5.75 Å². The predicted molar refractivity (Wildman–Crippen MR) is 90.2 cm³/mol. The van der Waals surface area contributed by atoms with Gasteiger partial charge in [0.2, 0.25) is 0 Å². The van der Waals surface area contributed by atoms with Crippen molar-refractivity contribution in [3.8, 4) is 16.3 Å². The molecule has 0 unspecified atom stereocenters. The van der Waals surface area contributed by atoms with Gasteiger partial charge >= 0.3 is 0 Å². The first-order valence-corrected chi connectivity index (χ1v) is 8.19. The SMILES string of the molecule is CC(C)c1cccc(COc2ccccc2-c2nccs2)n1. The summed E-state index contributed by atoms with van der Waals surface area (Å²) in [6, 6.07) is 14.1. The lowest BCUT2D eigenvalue weighted by molar-refractivity contribution is 0.302. The van der Waals surface area contributed by atoms with Gasteiger partial charge in [-0.2, -0.15) is 0 Å². The van der Waals surface area contributed by atoms with Crippen LogP contribution in [0.4, 0.5) is 0 Å². The zero-order valence-electron chi connectivity index (χ0n) is 12.7. The van der Waals surface area contributed by atoms with Gasteiger partial charge in [-0.25, -0.2) is 4.98 Å². The van der Waals surface area contributed by atoms with E-state index in [-0.39, 0.29) is 0 Å². The summed E-state index contributed by atoms with van der Waals surface area (Å²) < 4.78 is 5.99. The van der Waals surface area contributed by atoms with Crippen molar-refractivity contribution in [3.05, 3.63) is 65.4 Å². The number of hydrogen-bond donors (Lipinski definition) is 0. The smallest absolute Gasteiger partial charge is 0.130 e. The Kier molecular flexibility index (Phi) is 4.49. The Labute approximate surface area is 134 Å². The molecule has 0 aliphatic carbocycles. The summed E-state index contributed by atoms with van der Waals surface area (Å²) in [7, 11) is 0. The van der Waals surface area contributed by atoms with Crippen LogP contribution in [0.15, 0.2) is 54.0 Å². The molecule has 3 nitrogen and oxygen atoms in total. The Bertz CT molecular complexity index is 738. The number of hydrogen-bond acceptors (Lipinski definition) is 4. The summed E-state index contributed by atoms with van der Waals surface area (Å²) >= 11 is 1.61. The number of thiazole rings is 1. The fraction of sp³-hybridized carbons (Fsp3) is 0.222. The third kappa shape index (κ3) is 3.34. The lowest BCUT2D eigenvalue weighted by Gasteiger charge is -2.11. The molecule has 0 saturated carbocycles. The molecule has 0 aliphatic rings. The molecule has 0 saturated heterocycles. The molecular weight excluding hydrogens is 292 g/mol. The first kappa shape index (κ1) is 14.7. The van der Waals surface area contributed by atoms with Crippen LogP contribution in [0.25, 0.3) is 10.6 Å². The van der Waals surface area contributed by atoms with E-state index in [9.17, 15) is 0 Å². The molecule has 0 aliphatic heterocycles. The average Bonchev–Trinajstić information content (AvgIpc) is 3.08. The molecular formula is C18H18N2OS. The fourth-order valence-corrected chi connectivity index (χ4v) is 2.85. The predicted octanol–water partition coefficient (Wildman–Crippen LogP) is 4.91. The van der Waals surface area contributed by atoms with E-state index in [2.05, 4.69) is 29.9 Å². The first-order valence-electron chi connectivity index (χ1n) is 7.31. The average molecular weight is 310 g/mol. The van der Waals surface area contributed by atoms with E-state index in [4.69, 9.17) is 4.74 Å². The molecule has 4 heteroatoms. The minimum absolute atomic E-state index is 0.419. The minimum Gasteiger partial charge on any atom is -0.487 e. The van der Waals surface area contributed by atoms with Gasteiger partial charge in [-0.3, -0.25) is 4.98 Å². The molecule has 22 heavy (non-hydrogen) atoms. The van der Waals surface area contributed by atoms with Gasteiger partial charge in [0, 0.05) is 17.3 Å². The number of aromatic nitrogens is 2. The molecule has 2 aromatic heterocycles. The molecule has 2 heterocycles. The first-order chi connectivity index (χ1) is 10.7. The van der Waals surface area contributed by atoms with Gasteiger partial charge in [0.05, 0.1) is 11.3 Å². The summed E-state index contributed by atoms with van der Waals surface area (Å²) in [5, 5.41) is 2.94. The highest BCUT2D eigenvalue weighted by atomic mass is 32.1. The standard InChI is InChI=1S/C18H18N2OS/c1-13(2)16-8-5-6-14(20-16)12-21-17-9-4-3-7-15(17)18-19-10-11-22-18/h3-11,13H,12H2,1-2H3. The van der Waals surface area contributed by atoms with Gasteiger partial charge < -0.3 is 4.74 Å². The van der Waals surface area contributed by atoms with Crippen molar-refractivity contribution in [1.29, 1.82) is 0 Å². The molecule has 0 radical (unpaired) electrons. The molecule has 0 spiro atoms. The van der Waals surface area contributed by atoms with E-state index in [1.807, 2.05) is 48.0 Å². The van der Waals surface area contributed by atoms with E-state index in [1.165, 1.54) is 0 Å². The normalized spacial score (nSPS) is 10.9. The minimum atomic E-state index is 0.419. The van der Waals surface area contributed by atoms with E-state index >= 15 is 0 Å². The zero-order valence-corrected chi connectivity index (χ0v) is 13.5. The molecule has 1 aromatic carbocycles. The van der Waals surface area contributed by atoms with E-state index in [0.29, 0.717) is 12.5 Å². The topological polar surface area (TPSA) is 35.0 Å². The van der Waals surface area contributed by atoms with E-state index in [1.54, 1.807) is 11.3 Å². The highest BCUT2D eigenvalue weighted by Crippen LogP contribution is 2.31. The number of rotatable bonds is 5. The second-order valence-electron chi connectivity index (χ2n) is 5.33. The molecule has 0 N–H and O–H groups in total. The largest absolute Gasteiger partial charge is 0.487 e. The van der Waals surface area contributed by atoms with E-state index < -0.39 is 0 Å². The summed E-state index contributed by atoms with van der Waals surface area (Å²) in [5.41, 5.74) is 3.06. The van der Waals surface area contributed by atoms with Crippen LogP contribution in [-0.2, 0) is 6.61 Å². The van der Waals surface area contributed by atoms with Crippen molar-refractivity contribution in [1.82, 2.24) is 9.97 Å². The van der Waals surface area contributed by atoms with Crippen LogP contribution in [0, 0.1) is 0 Å². The summed E-state index contributed by atoms with van der Waals surface area (Å²) in [4.78, 5) is 9.00. The Balaban J connectivity index is 1.79. The lowest BCUT2D eigenvalue weighted by atomic mass is 10.1. The second-order valence-corrected chi connectivity index (χ2v) is 6.23. The Morgan fingerprint density at radius 2 is 1.95 bits per heavy atom. The molecule has 0 bridgehead atoms. The highest BCUT2D eigenvalue weighted by molar-refractivity contribution is 7.13. The quantitative estimate of drug-likeness (QED) is 0.672. The summed E-state index contributed by atoms with van der Waals surface area (Å²) in [6.45, 7) is 4.75. The Morgan fingerprint density at radius 3 is 2.73 bits per heavy atom. The van der Waals surface area contributed by atoms with Crippen LogP contribution in [-0.4, -0.2) is 9.97 Å².